The summed E-state index contributed by atoms with van der Waals surface area (Å²) in [5, 5.41) is 10.0. The number of unbranched alkanes of at least 4 members (excludes halogenated alkanes) is 1. The summed E-state index contributed by atoms with van der Waals surface area (Å²) in [6.45, 7) is 12.4. The number of terminal acetylenes is 1. The molecule has 0 saturated heterocycles. The molecule has 0 aromatic heterocycles. The predicted molar refractivity (Wildman–Crippen MR) is 118 cm³/mol. The highest BCUT2D eigenvalue weighted by Crippen LogP contribution is 2.38. The van der Waals surface area contributed by atoms with E-state index in [-0.39, 0.29) is 11.1 Å². The summed E-state index contributed by atoms with van der Waals surface area (Å²) in [5.41, 5.74) is 1.14. The molecular weight excluding hydrogens is 368 g/mol. The van der Waals surface area contributed by atoms with Gasteiger partial charge in [-0.25, -0.2) is 0 Å². The lowest BCUT2D eigenvalue weighted by Gasteiger charge is -2.39. The summed E-state index contributed by atoms with van der Waals surface area (Å²) >= 11 is 0. The average Bonchev–Trinajstić information content (AvgIpc) is 2.63. The van der Waals surface area contributed by atoms with E-state index < -0.39 is 14.4 Å². The molecule has 0 aliphatic heterocycles. The molecule has 2 atom stereocenters. The van der Waals surface area contributed by atoms with Gasteiger partial charge in [-0.15, -0.1) is 6.42 Å². The number of ether oxygens (including phenoxy) is 2. The maximum absolute atomic E-state index is 9.90. The molecule has 1 aromatic rings. The van der Waals surface area contributed by atoms with Gasteiger partial charge in [0.05, 0.1) is 13.7 Å². The van der Waals surface area contributed by atoms with E-state index in [9.17, 15) is 5.11 Å². The first-order chi connectivity index (χ1) is 13.1. The lowest BCUT2D eigenvalue weighted by atomic mass is 10.1. The quantitative estimate of drug-likeness (QED) is 0.296. The Kier molecular flexibility index (Phi) is 10.3. The Morgan fingerprint density at radius 1 is 1.14 bits per heavy atom. The van der Waals surface area contributed by atoms with Crippen molar-refractivity contribution in [2.75, 3.05) is 13.7 Å². The molecular formula is C23H38O4Si. The van der Waals surface area contributed by atoms with Crippen LogP contribution in [0.5, 0.6) is 5.75 Å². The maximum atomic E-state index is 9.90. The molecule has 0 heterocycles. The molecule has 0 bridgehead atoms. The summed E-state index contributed by atoms with van der Waals surface area (Å²) in [4.78, 5) is 0. The van der Waals surface area contributed by atoms with Crippen LogP contribution < -0.4 is 4.74 Å². The topological polar surface area (TPSA) is 47.9 Å². The predicted octanol–water partition coefficient (Wildman–Crippen LogP) is 5.16. The molecule has 0 aliphatic carbocycles. The number of benzene rings is 1. The lowest BCUT2D eigenvalue weighted by Crippen LogP contribution is -2.44. The van der Waals surface area contributed by atoms with Gasteiger partial charge in [0.15, 0.2) is 8.32 Å². The van der Waals surface area contributed by atoms with Crippen molar-refractivity contribution >= 4 is 8.32 Å². The highest BCUT2D eigenvalue weighted by atomic mass is 28.4. The van der Waals surface area contributed by atoms with Crippen LogP contribution in [0.2, 0.25) is 18.1 Å². The zero-order valence-electron chi connectivity index (χ0n) is 18.5. The summed E-state index contributed by atoms with van der Waals surface area (Å²) < 4.78 is 17.4. The van der Waals surface area contributed by atoms with E-state index in [1.165, 1.54) is 0 Å². The number of aliphatic hydroxyl groups excluding tert-OH is 1. The Balaban J connectivity index is 2.40. The minimum absolute atomic E-state index is 0.00599. The highest BCUT2D eigenvalue weighted by molar-refractivity contribution is 6.74. The van der Waals surface area contributed by atoms with Gasteiger partial charge < -0.3 is 19.0 Å². The highest BCUT2D eigenvalue weighted by Gasteiger charge is 2.39. The van der Waals surface area contributed by atoms with Gasteiger partial charge in [0.1, 0.15) is 11.9 Å². The van der Waals surface area contributed by atoms with E-state index in [4.69, 9.17) is 20.3 Å². The van der Waals surface area contributed by atoms with Gasteiger partial charge in [-0.3, -0.25) is 0 Å². The first-order valence-corrected chi connectivity index (χ1v) is 13.0. The van der Waals surface area contributed by atoms with Crippen molar-refractivity contribution < 1.29 is 19.0 Å². The van der Waals surface area contributed by atoms with E-state index in [2.05, 4.69) is 39.8 Å². The van der Waals surface area contributed by atoms with Crippen molar-refractivity contribution in [1.29, 1.82) is 0 Å². The molecule has 0 spiro atoms. The number of aliphatic hydroxyl groups is 1. The summed E-state index contributed by atoms with van der Waals surface area (Å²) in [5.74, 6) is 3.27. The van der Waals surface area contributed by atoms with E-state index in [0.717, 1.165) is 30.6 Å². The Morgan fingerprint density at radius 3 is 2.32 bits per heavy atom. The van der Waals surface area contributed by atoms with E-state index in [1.54, 1.807) is 7.11 Å². The molecule has 1 N–H and O–H groups in total. The number of hydrogen-bond acceptors (Lipinski definition) is 4. The van der Waals surface area contributed by atoms with Gasteiger partial charge in [-0.1, -0.05) is 38.8 Å². The van der Waals surface area contributed by atoms with Crippen molar-refractivity contribution in [3.05, 3.63) is 29.8 Å². The number of rotatable bonds is 12. The molecule has 0 unspecified atom stereocenters. The van der Waals surface area contributed by atoms with Gasteiger partial charge in [0.2, 0.25) is 0 Å². The molecule has 0 fully saturated rings. The van der Waals surface area contributed by atoms with Crippen LogP contribution in [-0.2, 0) is 15.8 Å². The molecule has 1 rings (SSSR count). The molecule has 4 nitrogen and oxygen atoms in total. The van der Waals surface area contributed by atoms with Crippen LogP contribution in [0, 0.1) is 12.3 Å². The second kappa shape index (κ2) is 11.6. The number of methoxy groups -OCH3 is 1. The van der Waals surface area contributed by atoms with Gasteiger partial charge in [0.25, 0.3) is 0 Å². The van der Waals surface area contributed by atoms with Gasteiger partial charge in [-0.05, 0) is 55.1 Å². The molecule has 5 heteroatoms. The third-order valence-corrected chi connectivity index (χ3v) is 9.97. The molecule has 0 aliphatic rings. The Morgan fingerprint density at radius 2 is 1.79 bits per heavy atom. The fourth-order valence-electron chi connectivity index (χ4n) is 2.62. The van der Waals surface area contributed by atoms with Crippen LogP contribution in [0.25, 0.3) is 0 Å². The largest absolute Gasteiger partial charge is 0.497 e. The van der Waals surface area contributed by atoms with Crippen molar-refractivity contribution in [3.8, 4) is 18.1 Å². The van der Waals surface area contributed by atoms with Crippen molar-refractivity contribution in [2.45, 2.75) is 83.4 Å². The monoisotopic (exact) mass is 406 g/mol. The van der Waals surface area contributed by atoms with Gasteiger partial charge in [0, 0.05) is 19.1 Å². The molecule has 158 valence electrons. The third kappa shape index (κ3) is 8.79. The first kappa shape index (κ1) is 24.7. The van der Waals surface area contributed by atoms with Gasteiger partial charge in [-0.2, -0.15) is 0 Å². The minimum Gasteiger partial charge on any atom is -0.497 e. The van der Waals surface area contributed by atoms with Crippen LogP contribution in [0.4, 0.5) is 0 Å². The van der Waals surface area contributed by atoms with Crippen LogP contribution in [0.3, 0.4) is 0 Å². The first-order valence-electron chi connectivity index (χ1n) is 10.1. The van der Waals surface area contributed by atoms with Gasteiger partial charge >= 0.3 is 0 Å². The summed E-state index contributed by atoms with van der Waals surface area (Å²) in [6.07, 6.45) is 7.94. The Labute approximate surface area is 172 Å². The summed E-state index contributed by atoms with van der Waals surface area (Å²) in [7, 11) is -0.233. The van der Waals surface area contributed by atoms with Crippen molar-refractivity contribution in [3.63, 3.8) is 0 Å². The normalized spacial score (nSPS) is 14.4. The van der Waals surface area contributed by atoms with E-state index in [1.807, 2.05) is 24.3 Å². The molecule has 28 heavy (non-hydrogen) atoms. The maximum Gasteiger partial charge on any atom is 0.192 e. The fourth-order valence-corrected chi connectivity index (χ4v) is 4.02. The van der Waals surface area contributed by atoms with Crippen molar-refractivity contribution in [2.24, 2.45) is 0 Å². The van der Waals surface area contributed by atoms with E-state index >= 15 is 0 Å². The van der Waals surface area contributed by atoms with Crippen LogP contribution in [0.1, 0.15) is 52.0 Å². The van der Waals surface area contributed by atoms with E-state index in [0.29, 0.717) is 19.6 Å². The molecule has 0 radical (unpaired) electrons. The molecule has 1 aromatic carbocycles. The molecule has 0 amide bonds. The Hall–Kier alpha value is -1.32. The zero-order valence-corrected chi connectivity index (χ0v) is 19.5. The summed E-state index contributed by atoms with van der Waals surface area (Å²) in [6, 6.07) is 7.92. The minimum atomic E-state index is -1.90. The van der Waals surface area contributed by atoms with Crippen molar-refractivity contribution in [1.82, 2.24) is 0 Å². The SMILES string of the molecule is C#C[C@H](O)C[C@H](CCCCOCc1ccc(OC)cc1)O[Si](C)(C)C(C)(C)C. The van der Waals surface area contributed by atoms with Crippen LogP contribution in [0.15, 0.2) is 24.3 Å². The lowest BCUT2D eigenvalue weighted by molar-refractivity contribution is 0.0942. The molecule has 0 saturated carbocycles. The second-order valence-electron chi connectivity index (χ2n) is 8.81. The third-order valence-electron chi connectivity index (χ3n) is 5.44. The smallest absolute Gasteiger partial charge is 0.192 e. The standard InChI is InChI=1S/C23H38O4Si/c1-8-20(24)17-22(27-28(6,7)23(2,3)4)11-9-10-16-26-18-19-12-14-21(25-5)15-13-19/h1,12-15,20,22,24H,9-11,16-18H2,2-7H3/t20-,22-/m0/s1. The Bertz CT molecular complexity index is 599. The number of hydrogen-bond donors (Lipinski definition) is 1. The van der Waals surface area contributed by atoms with Crippen LogP contribution >= 0.6 is 0 Å². The zero-order chi connectivity index (χ0) is 21.2. The fraction of sp³-hybridized carbons (Fsp3) is 0.652. The van der Waals surface area contributed by atoms with Crippen LogP contribution in [-0.4, -0.2) is 39.3 Å². The second-order valence-corrected chi connectivity index (χ2v) is 13.6. The average molecular weight is 407 g/mol.